The number of anilines is 1. The van der Waals surface area contributed by atoms with Gasteiger partial charge in [-0.2, -0.15) is 0 Å². The molecule has 2 heterocycles. The summed E-state index contributed by atoms with van der Waals surface area (Å²) in [7, 11) is 0. The lowest BCUT2D eigenvalue weighted by atomic mass is 10.0. The quantitative estimate of drug-likeness (QED) is 0.0672. The smallest absolute Gasteiger partial charge is 0.338 e. The Morgan fingerprint density at radius 3 is 2.15 bits per heavy atom. The minimum atomic E-state index is -0.413. The van der Waals surface area contributed by atoms with Gasteiger partial charge in [-0.05, 0) is 87.4 Å². The molecule has 4 rings (SSSR count). The highest BCUT2D eigenvalue weighted by atomic mass is 32.1. The van der Waals surface area contributed by atoms with Gasteiger partial charge >= 0.3 is 11.9 Å². The Labute approximate surface area is 249 Å². The molecule has 9 heteroatoms. The third kappa shape index (κ3) is 7.89. The second-order valence-corrected chi connectivity index (χ2v) is 11.4. The molecular formula is C32H35N3O4S2. The Morgan fingerprint density at radius 1 is 0.829 bits per heavy atom. The Kier molecular flexibility index (Phi) is 10.8. The molecule has 2 aromatic heterocycles. The molecule has 0 amide bonds. The summed E-state index contributed by atoms with van der Waals surface area (Å²) in [5.41, 5.74) is 3.53. The number of hydrogen-bond acceptors (Lipinski definition) is 9. The minimum absolute atomic E-state index is 0.268. The van der Waals surface area contributed by atoms with Crippen LogP contribution < -0.4 is 4.90 Å². The molecule has 0 bridgehead atoms. The van der Waals surface area contributed by atoms with Crippen LogP contribution in [0.3, 0.4) is 0 Å². The maximum absolute atomic E-state index is 12.9. The number of unbranched alkanes of at least 4 members (excludes halogenated alkanes) is 1. The van der Waals surface area contributed by atoms with Gasteiger partial charge in [0, 0.05) is 33.1 Å². The van der Waals surface area contributed by atoms with E-state index >= 15 is 0 Å². The zero-order chi connectivity index (χ0) is 29.2. The molecule has 41 heavy (non-hydrogen) atoms. The van der Waals surface area contributed by atoms with E-state index in [1.165, 1.54) is 5.69 Å². The molecular weight excluding hydrogens is 555 g/mol. The predicted octanol–water partition coefficient (Wildman–Crippen LogP) is 9.29. The third-order valence-corrected chi connectivity index (χ3v) is 8.52. The van der Waals surface area contributed by atoms with Gasteiger partial charge in [-0.15, -0.1) is 32.9 Å². The number of nitrogens with zero attached hydrogens (tertiary/aromatic N) is 3. The van der Waals surface area contributed by atoms with E-state index < -0.39 is 5.97 Å². The number of hydrogen-bond donors (Lipinski definition) is 0. The number of carbonyl (C=O) groups excluding carboxylic acids is 2. The third-order valence-electron chi connectivity index (χ3n) is 6.40. The summed E-state index contributed by atoms with van der Waals surface area (Å²) < 4.78 is 12.8. The first kappa shape index (κ1) is 30.1. The van der Waals surface area contributed by atoms with Crippen LogP contribution in [0.4, 0.5) is 16.4 Å². The number of fused-ring (bicyclic) bond motifs is 1. The van der Waals surface area contributed by atoms with Gasteiger partial charge in [-0.3, -0.25) is 0 Å². The Bertz CT molecular complexity index is 1480. The van der Waals surface area contributed by atoms with Crippen LogP contribution in [0.25, 0.3) is 21.0 Å². The Morgan fingerprint density at radius 2 is 1.51 bits per heavy atom. The number of ether oxygens (including phenoxy) is 2. The van der Waals surface area contributed by atoms with E-state index in [1.807, 2.05) is 37.3 Å². The first-order valence-corrected chi connectivity index (χ1v) is 15.5. The number of esters is 2. The van der Waals surface area contributed by atoms with Crippen molar-refractivity contribution in [2.75, 3.05) is 31.2 Å². The van der Waals surface area contributed by atoms with Crippen LogP contribution in [-0.2, 0) is 14.3 Å². The molecule has 0 unspecified atom stereocenters. The van der Waals surface area contributed by atoms with Gasteiger partial charge in [0.15, 0.2) is 0 Å². The van der Waals surface area contributed by atoms with E-state index in [1.54, 1.807) is 53.9 Å². The van der Waals surface area contributed by atoms with Gasteiger partial charge in [0.2, 0.25) is 0 Å². The van der Waals surface area contributed by atoms with E-state index in [9.17, 15) is 9.59 Å². The molecule has 0 atom stereocenters. The van der Waals surface area contributed by atoms with Crippen LogP contribution in [0.2, 0.25) is 0 Å². The van der Waals surface area contributed by atoms with Crippen molar-refractivity contribution >= 4 is 72.0 Å². The highest BCUT2D eigenvalue weighted by Crippen LogP contribution is 2.39. The average molecular weight is 590 g/mol. The minimum Gasteiger partial charge on any atom is -0.462 e. The van der Waals surface area contributed by atoms with Crippen molar-refractivity contribution in [1.29, 1.82) is 0 Å². The van der Waals surface area contributed by atoms with Gasteiger partial charge in [0.1, 0.15) is 5.00 Å². The number of carbonyl (C=O) groups is 2. The van der Waals surface area contributed by atoms with Crippen LogP contribution in [0.5, 0.6) is 0 Å². The second-order valence-electron chi connectivity index (χ2n) is 9.20. The largest absolute Gasteiger partial charge is 0.462 e. The fourth-order valence-electron chi connectivity index (χ4n) is 4.18. The number of azo groups is 1. The van der Waals surface area contributed by atoms with Crippen molar-refractivity contribution in [2.45, 2.75) is 40.5 Å². The fraction of sp³-hybridized carbons (Fsp3) is 0.312. The van der Waals surface area contributed by atoms with Gasteiger partial charge in [-0.25, -0.2) is 9.59 Å². The maximum atomic E-state index is 12.9. The lowest BCUT2D eigenvalue weighted by Crippen LogP contribution is -2.21. The topological polar surface area (TPSA) is 80.6 Å². The van der Waals surface area contributed by atoms with Crippen molar-refractivity contribution in [3.8, 4) is 0 Å². The van der Waals surface area contributed by atoms with E-state index in [0.29, 0.717) is 23.3 Å². The van der Waals surface area contributed by atoms with E-state index in [-0.39, 0.29) is 12.6 Å². The van der Waals surface area contributed by atoms with Gasteiger partial charge in [0.05, 0.1) is 30.0 Å². The monoisotopic (exact) mass is 589 g/mol. The van der Waals surface area contributed by atoms with Gasteiger partial charge in [-0.1, -0.05) is 25.5 Å². The summed E-state index contributed by atoms with van der Waals surface area (Å²) in [5, 5.41) is 9.68. The van der Waals surface area contributed by atoms with Crippen LogP contribution >= 0.6 is 22.7 Å². The number of thiophene rings is 2. The van der Waals surface area contributed by atoms with Crippen molar-refractivity contribution in [3.05, 3.63) is 76.7 Å². The van der Waals surface area contributed by atoms with Gasteiger partial charge in [0.25, 0.3) is 0 Å². The summed E-state index contributed by atoms with van der Waals surface area (Å²) in [5.74, 6) is -0.779. The van der Waals surface area contributed by atoms with Crippen molar-refractivity contribution in [3.63, 3.8) is 0 Å². The Balaban J connectivity index is 1.51. The second kappa shape index (κ2) is 14.7. The highest BCUT2D eigenvalue weighted by molar-refractivity contribution is 7.30. The molecule has 0 saturated heterocycles. The molecule has 214 valence electrons. The molecule has 0 N–H and O–H groups in total. The summed E-state index contributed by atoms with van der Waals surface area (Å²) in [6.07, 6.45) is 3.62. The summed E-state index contributed by atoms with van der Waals surface area (Å²) >= 11 is 3.12. The molecule has 0 aliphatic heterocycles. The lowest BCUT2D eigenvalue weighted by molar-refractivity contribution is -0.136. The molecule has 7 nitrogen and oxygen atoms in total. The van der Waals surface area contributed by atoms with E-state index in [0.717, 1.165) is 50.9 Å². The SMILES string of the molecule is CCCCOC(=O)c1ccc(/C(=C/c2cc3sc(N=Nc4ccc(N(CC)CC)cc4)cc3s2)C(=O)OCC)cc1. The van der Waals surface area contributed by atoms with Crippen LogP contribution in [-0.4, -0.2) is 38.2 Å². The van der Waals surface area contributed by atoms with E-state index in [4.69, 9.17) is 9.47 Å². The molecule has 2 aromatic carbocycles. The lowest BCUT2D eigenvalue weighted by Gasteiger charge is -2.20. The first-order valence-electron chi connectivity index (χ1n) is 13.9. The number of rotatable bonds is 13. The first-order chi connectivity index (χ1) is 19.9. The average Bonchev–Trinajstić information content (AvgIpc) is 3.55. The van der Waals surface area contributed by atoms with Crippen LogP contribution in [0.1, 0.15) is 61.3 Å². The number of benzene rings is 2. The van der Waals surface area contributed by atoms with E-state index in [2.05, 4.69) is 41.1 Å². The maximum Gasteiger partial charge on any atom is 0.338 e. The molecule has 0 aliphatic carbocycles. The molecule has 0 spiro atoms. The molecule has 0 saturated carbocycles. The Hall–Kier alpha value is -3.82. The van der Waals surface area contributed by atoms with Gasteiger partial charge < -0.3 is 14.4 Å². The molecule has 0 fully saturated rings. The summed E-state index contributed by atoms with van der Waals surface area (Å²) in [4.78, 5) is 28.3. The van der Waals surface area contributed by atoms with Crippen LogP contribution in [0.15, 0.2) is 70.9 Å². The standard InChI is InChI=1S/C32H35N3O4S2/c1-5-9-18-39-31(36)23-12-10-22(11-13-23)27(32(37)38-8-4)19-26-20-28-29(40-26)21-30(41-28)34-33-24-14-16-25(17-15-24)35(6-2)7-3/h10-17,19-21H,5-9,18H2,1-4H3/b27-19-,34-33?. The highest BCUT2D eigenvalue weighted by Gasteiger charge is 2.16. The zero-order valence-corrected chi connectivity index (χ0v) is 25.5. The van der Waals surface area contributed by atoms with Crippen molar-refractivity contribution in [1.82, 2.24) is 0 Å². The van der Waals surface area contributed by atoms with Crippen LogP contribution in [0, 0.1) is 0 Å². The molecule has 0 radical (unpaired) electrons. The van der Waals surface area contributed by atoms with Crippen molar-refractivity contribution < 1.29 is 19.1 Å². The molecule has 4 aromatic rings. The summed E-state index contributed by atoms with van der Waals surface area (Å²) in [6.45, 7) is 10.7. The van der Waals surface area contributed by atoms with Crippen molar-refractivity contribution in [2.24, 2.45) is 10.2 Å². The normalized spacial score (nSPS) is 11.8. The molecule has 0 aliphatic rings. The zero-order valence-electron chi connectivity index (χ0n) is 23.9. The fourth-order valence-corrected chi connectivity index (χ4v) is 6.34. The summed E-state index contributed by atoms with van der Waals surface area (Å²) in [6, 6.07) is 19.0. The predicted molar refractivity (Wildman–Crippen MR) is 170 cm³/mol.